The minimum atomic E-state index is -0.0930. The summed E-state index contributed by atoms with van der Waals surface area (Å²) in [5, 5.41) is 4.65. The van der Waals surface area contributed by atoms with Crippen LogP contribution in [0.15, 0.2) is 36.9 Å². The highest BCUT2D eigenvalue weighted by Crippen LogP contribution is 2.44. The number of aromatic amines is 1. The van der Waals surface area contributed by atoms with Crippen molar-refractivity contribution < 1.29 is 4.79 Å². The Hall–Kier alpha value is -2.60. The standard InChI is InChI=1S/C22H27N5O/c1-3-8-26-12-15(25-22(28)27-9-7-23-13-27)10-18-16-5-4-6-19-21(16)17(11-20(18)26)14(2)24-19/h4-7,9,13,15,18,20,24H,3,8,10-12H2,1-2H3,(H,25,28)/t15-,18+,20+/m0/s1. The van der Waals surface area contributed by atoms with E-state index in [9.17, 15) is 4.79 Å². The Labute approximate surface area is 164 Å². The molecule has 3 aromatic rings. The number of nitrogens with one attached hydrogen (secondary N) is 2. The minimum Gasteiger partial charge on any atom is -0.358 e. The summed E-state index contributed by atoms with van der Waals surface area (Å²) in [5.41, 5.74) is 5.47. The monoisotopic (exact) mass is 377 g/mol. The summed E-state index contributed by atoms with van der Waals surface area (Å²) >= 11 is 0. The smallest absolute Gasteiger partial charge is 0.327 e. The first kappa shape index (κ1) is 17.5. The van der Waals surface area contributed by atoms with Crippen LogP contribution in [0.25, 0.3) is 10.9 Å². The number of piperidine rings is 1. The van der Waals surface area contributed by atoms with Crippen molar-refractivity contribution in [3.8, 4) is 0 Å². The molecule has 3 heterocycles. The van der Waals surface area contributed by atoms with Gasteiger partial charge in [0.15, 0.2) is 0 Å². The molecule has 1 saturated heterocycles. The largest absolute Gasteiger partial charge is 0.358 e. The summed E-state index contributed by atoms with van der Waals surface area (Å²) in [6.45, 7) is 6.40. The third-order valence-electron chi connectivity index (χ3n) is 6.49. The second-order valence-electron chi connectivity index (χ2n) is 8.22. The number of amides is 1. The van der Waals surface area contributed by atoms with Gasteiger partial charge in [0.25, 0.3) is 0 Å². The third-order valence-corrected chi connectivity index (χ3v) is 6.49. The quantitative estimate of drug-likeness (QED) is 0.735. The van der Waals surface area contributed by atoms with Gasteiger partial charge in [0, 0.05) is 53.5 Å². The number of nitrogens with zero attached hydrogens (tertiary/aromatic N) is 3. The fourth-order valence-corrected chi connectivity index (χ4v) is 5.34. The van der Waals surface area contributed by atoms with E-state index in [0.717, 1.165) is 32.4 Å². The average molecular weight is 377 g/mol. The van der Waals surface area contributed by atoms with Crippen molar-refractivity contribution in [3.05, 3.63) is 53.7 Å². The van der Waals surface area contributed by atoms with Crippen LogP contribution in [0.5, 0.6) is 0 Å². The molecule has 1 aliphatic carbocycles. The lowest BCUT2D eigenvalue weighted by Gasteiger charge is -2.47. The minimum absolute atomic E-state index is 0.0930. The van der Waals surface area contributed by atoms with Crippen molar-refractivity contribution >= 4 is 16.9 Å². The molecular weight excluding hydrogens is 350 g/mol. The third kappa shape index (κ3) is 2.75. The van der Waals surface area contributed by atoms with Gasteiger partial charge in [0.2, 0.25) is 0 Å². The van der Waals surface area contributed by atoms with Crippen LogP contribution in [0, 0.1) is 6.92 Å². The number of aromatic nitrogens is 3. The highest BCUT2D eigenvalue weighted by molar-refractivity contribution is 5.89. The van der Waals surface area contributed by atoms with Crippen LogP contribution in [0.2, 0.25) is 0 Å². The van der Waals surface area contributed by atoms with Gasteiger partial charge in [-0.25, -0.2) is 9.78 Å². The highest BCUT2D eigenvalue weighted by atomic mass is 16.2. The molecule has 1 aliphatic heterocycles. The van der Waals surface area contributed by atoms with Crippen LogP contribution < -0.4 is 5.32 Å². The van der Waals surface area contributed by atoms with E-state index in [2.05, 4.69) is 52.2 Å². The Morgan fingerprint density at radius 3 is 3.07 bits per heavy atom. The topological polar surface area (TPSA) is 66.0 Å². The number of likely N-dealkylation sites (tertiary alicyclic amines) is 1. The van der Waals surface area contributed by atoms with Crippen molar-refractivity contribution in [2.75, 3.05) is 13.1 Å². The van der Waals surface area contributed by atoms with E-state index in [1.54, 1.807) is 18.7 Å². The maximum atomic E-state index is 12.6. The zero-order chi connectivity index (χ0) is 19.3. The molecule has 0 spiro atoms. The molecule has 28 heavy (non-hydrogen) atoms. The second-order valence-corrected chi connectivity index (χ2v) is 8.22. The van der Waals surface area contributed by atoms with Gasteiger partial charge in [0.1, 0.15) is 6.33 Å². The van der Waals surface area contributed by atoms with Crippen molar-refractivity contribution in [2.24, 2.45) is 0 Å². The molecule has 146 valence electrons. The molecule has 0 saturated carbocycles. The summed E-state index contributed by atoms with van der Waals surface area (Å²) in [6, 6.07) is 7.19. The summed E-state index contributed by atoms with van der Waals surface area (Å²) < 4.78 is 1.52. The van der Waals surface area contributed by atoms with Crippen molar-refractivity contribution in [1.29, 1.82) is 0 Å². The molecular formula is C22H27N5O. The number of benzene rings is 1. The molecule has 2 aliphatic rings. The number of aryl methyl sites for hydroxylation is 1. The SMILES string of the molecule is CCCN1C[C@@H](NC(=O)n2ccnc2)C[C@@H]2c3cccc4[nH]c(C)c(c34)C[C@H]21. The van der Waals surface area contributed by atoms with Crippen molar-refractivity contribution in [3.63, 3.8) is 0 Å². The number of rotatable bonds is 3. The van der Waals surface area contributed by atoms with Gasteiger partial charge in [-0.15, -0.1) is 0 Å². The lowest BCUT2D eigenvalue weighted by molar-refractivity contribution is 0.101. The first-order valence-electron chi connectivity index (χ1n) is 10.3. The summed E-state index contributed by atoms with van der Waals surface area (Å²) in [6.07, 6.45) is 8.08. The van der Waals surface area contributed by atoms with E-state index in [4.69, 9.17) is 0 Å². The molecule has 0 bridgehead atoms. The van der Waals surface area contributed by atoms with Crippen molar-refractivity contribution in [1.82, 2.24) is 24.8 Å². The maximum absolute atomic E-state index is 12.6. The number of hydrogen-bond donors (Lipinski definition) is 2. The van der Waals surface area contributed by atoms with E-state index in [1.807, 2.05) is 0 Å². The normalized spacial score (nSPS) is 24.3. The Balaban J connectivity index is 1.49. The van der Waals surface area contributed by atoms with Gasteiger partial charge < -0.3 is 10.3 Å². The molecule has 6 nitrogen and oxygen atoms in total. The van der Waals surface area contributed by atoms with Crippen LogP contribution >= 0.6 is 0 Å². The molecule has 0 radical (unpaired) electrons. The van der Waals surface area contributed by atoms with E-state index in [-0.39, 0.29) is 12.1 Å². The number of carbonyl (C=O) groups is 1. The summed E-state index contributed by atoms with van der Waals surface area (Å²) in [7, 11) is 0. The maximum Gasteiger partial charge on any atom is 0.327 e. The predicted molar refractivity (Wildman–Crippen MR) is 110 cm³/mol. The Kier molecular flexibility index (Phi) is 4.23. The molecule has 1 amide bonds. The number of hydrogen-bond acceptors (Lipinski definition) is 3. The first-order chi connectivity index (χ1) is 13.7. The van der Waals surface area contributed by atoms with E-state index in [1.165, 1.54) is 32.3 Å². The Bertz CT molecular complexity index is 1010. The molecule has 1 aromatic carbocycles. The zero-order valence-electron chi connectivity index (χ0n) is 16.5. The van der Waals surface area contributed by atoms with Crippen LogP contribution in [0.1, 0.15) is 42.5 Å². The Morgan fingerprint density at radius 2 is 2.29 bits per heavy atom. The molecule has 0 unspecified atom stereocenters. The molecule has 5 rings (SSSR count). The van der Waals surface area contributed by atoms with E-state index >= 15 is 0 Å². The summed E-state index contributed by atoms with van der Waals surface area (Å²) in [5.74, 6) is 0.444. The van der Waals surface area contributed by atoms with Gasteiger partial charge in [0.05, 0.1) is 0 Å². The first-order valence-corrected chi connectivity index (χ1v) is 10.3. The Morgan fingerprint density at radius 1 is 1.39 bits per heavy atom. The van der Waals surface area contributed by atoms with Crippen LogP contribution in [-0.2, 0) is 6.42 Å². The molecule has 3 atom stereocenters. The fourth-order valence-electron chi connectivity index (χ4n) is 5.34. The molecule has 2 aromatic heterocycles. The lowest BCUT2D eigenvalue weighted by Crippen LogP contribution is -2.56. The number of fused-ring (bicyclic) bond motifs is 2. The average Bonchev–Trinajstić information content (AvgIpc) is 3.32. The van der Waals surface area contributed by atoms with E-state index < -0.39 is 0 Å². The van der Waals surface area contributed by atoms with Crippen molar-refractivity contribution in [2.45, 2.75) is 51.1 Å². The van der Waals surface area contributed by atoms with Crippen LogP contribution in [0.4, 0.5) is 4.79 Å². The number of H-pyrrole nitrogens is 1. The lowest BCUT2D eigenvalue weighted by atomic mass is 9.73. The fraction of sp³-hybridized carbons (Fsp3) is 0.455. The number of carbonyl (C=O) groups excluding carboxylic acids is 1. The van der Waals surface area contributed by atoms with Crippen LogP contribution in [-0.4, -0.2) is 50.6 Å². The number of imidazole rings is 1. The van der Waals surface area contributed by atoms with Crippen LogP contribution in [0.3, 0.4) is 0 Å². The predicted octanol–water partition coefficient (Wildman–Crippen LogP) is 3.42. The zero-order valence-corrected chi connectivity index (χ0v) is 16.5. The van der Waals surface area contributed by atoms with E-state index in [0.29, 0.717) is 12.0 Å². The van der Waals surface area contributed by atoms with Gasteiger partial charge in [-0.1, -0.05) is 19.1 Å². The molecule has 1 fully saturated rings. The highest BCUT2D eigenvalue weighted by Gasteiger charge is 2.41. The van der Waals surface area contributed by atoms with Gasteiger partial charge >= 0.3 is 6.03 Å². The van der Waals surface area contributed by atoms with Gasteiger partial charge in [-0.2, -0.15) is 0 Å². The molecule has 2 N–H and O–H groups in total. The molecule has 6 heteroatoms. The van der Waals surface area contributed by atoms with Gasteiger partial charge in [-0.3, -0.25) is 9.47 Å². The second kappa shape index (κ2) is 6.78. The van der Waals surface area contributed by atoms with Gasteiger partial charge in [-0.05, 0) is 49.9 Å². The summed E-state index contributed by atoms with van der Waals surface area (Å²) in [4.78, 5) is 22.7.